The lowest BCUT2D eigenvalue weighted by atomic mass is 10.1. The van der Waals surface area contributed by atoms with Crippen molar-refractivity contribution in [1.82, 2.24) is 15.5 Å². The van der Waals surface area contributed by atoms with E-state index in [2.05, 4.69) is 31.4 Å². The van der Waals surface area contributed by atoms with Gasteiger partial charge in [-0.05, 0) is 50.5 Å². The largest absolute Gasteiger partial charge is 0.345 e. The Morgan fingerprint density at radius 1 is 1.36 bits per heavy atom. The summed E-state index contributed by atoms with van der Waals surface area (Å²) in [5, 5.41) is 7.76. The number of hydrogen-bond donors (Lipinski definition) is 1. The molecule has 128 valence electrons. The summed E-state index contributed by atoms with van der Waals surface area (Å²) in [6.45, 7) is 3.80. The standard InChI is InChI=1S/C19H18BrN3O2/c1-10(13-4-3-5-14(20)8-13)21-18(24)15-9-16(12-6-7-12)22-19-17(15)11(2)23-25-19/h3-5,8-10,12H,6-7H2,1-2H3,(H,21,24). The summed E-state index contributed by atoms with van der Waals surface area (Å²) in [7, 11) is 0. The Hall–Kier alpha value is -2.21. The van der Waals surface area contributed by atoms with Gasteiger partial charge in [0.05, 0.1) is 22.7 Å². The number of carbonyl (C=O) groups excluding carboxylic acids is 1. The number of fused-ring (bicyclic) bond motifs is 1. The van der Waals surface area contributed by atoms with Crippen LogP contribution in [0.5, 0.6) is 0 Å². The van der Waals surface area contributed by atoms with Crippen LogP contribution in [0.2, 0.25) is 0 Å². The van der Waals surface area contributed by atoms with Crippen molar-refractivity contribution in [2.24, 2.45) is 0 Å². The van der Waals surface area contributed by atoms with Crippen LogP contribution in [0.25, 0.3) is 11.1 Å². The molecule has 0 spiro atoms. The molecule has 1 unspecified atom stereocenters. The van der Waals surface area contributed by atoms with E-state index >= 15 is 0 Å². The van der Waals surface area contributed by atoms with Gasteiger partial charge in [-0.1, -0.05) is 33.2 Å². The fourth-order valence-electron chi connectivity index (χ4n) is 3.01. The minimum atomic E-state index is -0.131. The van der Waals surface area contributed by atoms with Crippen molar-refractivity contribution in [3.05, 3.63) is 57.3 Å². The number of rotatable bonds is 4. The van der Waals surface area contributed by atoms with Crippen LogP contribution < -0.4 is 5.32 Å². The van der Waals surface area contributed by atoms with Gasteiger partial charge < -0.3 is 9.84 Å². The molecule has 4 rings (SSSR count). The van der Waals surface area contributed by atoms with Crippen molar-refractivity contribution in [1.29, 1.82) is 0 Å². The van der Waals surface area contributed by atoms with Crippen LogP contribution >= 0.6 is 15.9 Å². The highest BCUT2D eigenvalue weighted by Gasteiger charge is 2.29. The predicted octanol–water partition coefficient (Wildman–Crippen LogP) is 4.66. The van der Waals surface area contributed by atoms with E-state index in [0.29, 0.717) is 28.3 Å². The maximum atomic E-state index is 13.0. The van der Waals surface area contributed by atoms with Crippen LogP contribution in [0.3, 0.4) is 0 Å². The first-order valence-corrected chi connectivity index (χ1v) is 9.15. The molecule has 25 heavy (non-hydrogen) atoms. The predicted molar refractivity (Wildman–Crippen MR) is 98.5 cm³/mol. The molecule has 3 aromatic rings. The van der Waals surface area contributed by atoms with Crippen LogP contribution in [-0.4, -0.2) is 16.0 Å². The molecule has 1 aliphatic carbocycles. The van der Waals surface area contributed by atoms with E-state index in [9.17, 15) is 4.79 Å². The van der Waals surface area contributed by atoms with Gasteiger partial charge in [-0.15, -0.1) is 0 Å². The quantitative estimate of drug-likeness (QED) is 0.692. The van der Waals surface area contributed by atoms with Crippen molar-refractivity contribution in [2.45, 2.75) is 38.6 Å². The summed E-state index contributed by atoms with van der Waals surface area (Å²) in [6, 6.07) is 9.71. The second-order valence-electron chi connectivity index (χ2n) is 6.57. The molecule has 1 atom stereocenters. The van der Waals surface area contributed by atoms with Crippen LogP contribution in [0.15, 0.2) is 39.3 Å². The Morgan fingerprint density at radius 3 is 2.88 bits per heavy atom. The van der Waals surface area contributed by atoms with Crippen molar-refractivity contribution in [3.8, 4) is 0 Å². The van der Waals surface area contributed by atoms with Gasteiger partial charge >= 0.3 is 0 Å². The lowest BCUT2D eigenvalue weighted by molar-refractivity contribution is 0.0941. The van der Waals surface area contributed by atoms with Gasteiger partial charge in [0.1, 0.15) is 0 Å². The van der Waals surface area contributed by atoms with Gasteiger partial charge in [-0.2, -0.15) is 0 Å². The van der Waals surface area contributed by atoms with Gasteiger partial charge in [0.15, 0.2) is 0 Å². The van der Waals surface area contributed by atoms with Gasteiger partial charge in [0.25, 0.3) is 11.6 Å². The van der Waals surface area contributed by atoms with Crippen LogP contribution in [0.4, 0.5) is 0 Å². The second kappa shape index (κ2) is 6.26. The molecule has 1 aliphatic rings. The Morgan fingerprint density at radius 2 is 2.16 bits per heavy atom. The Bertz CT molecular complexity index is 962. The maximum absolute atomic E-state index is 13.0. The lowest BCUT2D eigenvalue weighted by Crippen LogP contribution is -2.27. The monoisotopic (exact) mass is 399 g/mol. The second-order valence-corrected chi connectivity index (χ2v) is 7.48. The van der Waals surface area contributed by atoms with Crippen LogP contribution in [0, 0.1) is 6.92 Å². The van der Waals surface area contributed by atoms with Crippen LogP contribution in [-0.2, 0) is 0 Å². The number of hydrogen-bond acceptors (Lipinski definition) is 4. The average Bonchev–Trinajstić information content (AvgIpc) is 3.38. The van der Waals surface area contributed by atoms with Gasteiger partial charge in [0, 0.05) is 16.1 Å². The topological polar surface area (TPSA) is 68.0 Å². The number of carbonyl (C=O) groups is 1. The minimum absolute atomic E-state index is 0.113. The number of benzene rings is 1. The van der Waals surface area contributed by atoms with Gasteiger partial charge in [-0.3, -0.25) is 4.79 Å². The van der Waals surface area contributed by atoms with E-state index in [-0.39, 0.29) is 11.9 Å². The maximum Gasteiger partial charge on any atom is 0.259 e. The molecule has 0 aliphatic heterocycles. The number of pyridine rings is 1. The molecule has 5 nitrogen and oxygen atoms in total. The fourth-order valence-corrected chi connectivity index (χ4v) is 3.43. The summed E-state index contributed by atoms with van der Waals surface area (Å²) < 4.78 is 6.31. The molecule has 1 N–H and O–H groups in total. The zero-order valence-corrected chi connectivity index (χ0v) is 15.6. The van der Waals surface area contributed by atoms with E-state index in [1.807, 2.05) is 44.2 Å². The van der Waals surface area contributed by atoms with Crippen molar-refractivity contribution in [3.63, 3.8) is 0 Å². The van der Waals surface area contributed by atoms with Gasteiger partial charge in [-0.25, -0.2) is 4.98 Å². The molecular formula is C19H18BrN3O2. The molecule has 2 aromatic heterocycles. The zero-order chi connectivity index (χ0) is 17.6. The molecule has 1 saturated carbocycles. The number of aryl methyl sites for hydroxylation is 1. The van der Waals surface area contributed by atoms with Crippen molar-refractivity contribution >= 4 is 32.9 Å². The first kappa shape index (κ1) is 16.3. The van der Waals surface area contributed by atoms with E-state index in [4.69, 9.17) is 4.52 Å². The Labute approximate surface area is 153 Å². The number of amides is 1. The third-order valence-electron chi connectivity index (χ3n) is 4.57. The molecule has 0 bridgehead atoms. The number of nitrogens with one attached hydrogen (secondary N) is 1. The highest BCUT2D eigenvalue weighted by atomic mass is 79.9. The van der Waals surface area contributed by atoms with E-state index in [0.717, 1.165) is 28.6 Å². The molecular weight excluding hydrogens is 382 g/mol. The Kier molecular flexibility index (Phi) is 4.07. The SMILES string of the molecule is Cc1noc2nc(C3CC3)cc(C(=O)NC(C)c3cccc(Br)c3)c12. The summed E-state index contributed by atoms with van der Waals surface area (Å²) in [5.41, 5.74) is 3.68. The van der Waals surface area contributed by atoms with E-state index < -0.39 is 0 Å². The molecule has 6 heteroatoms. The lowest BCUT2D eigenvalue weighted by Gasteiger charge is -2.15. The highest BCUT2D eigenvalue weighted by molar-refractivity contribution is 9.10. The molecule has 1 aromatic carbocycles. The van der Waals surface area contributed by atoms with E-state index in [1.54, 1.807) is 0 Å². The van der Waals surface area contributed by atoms with Crippen molar-refractivity contribution in [2.75, 3.05) is 0 Å². The van der Waals surface area contributed by atoms with Crippen LogP contribution in [0.1, 0.15) is 59.0 Å². The summed E-state index contributed by atoms with van der Waals surface area (Å²) in [4.78, 5) is 17.5. The van der Waals surface area contributed by atoms with Crippen molar-refractivity contribution < 1.29 is 9.32 Å². The van der Waals surface area contributed by atoms with E-state index in [1.165, 1.54) is 0 Å². The summed E-state index contributed by atoms with van der Waals surface area (Å²) >= 11 is 3.47. The normalized spacial score (nSPS) is 15.3. The average molecular weight is 400 g/mol. The number of halogens is 1. The van der Waals surface area contributed by atoms with Gasteiger partial charge in [0.2, 0.25) is 0 Å². The third-order valence-corrected chi connectivity index (χ3v) is 5.07. The molecule has 0 saturated heterocycles. The molecule has 2 heterocycles. The number of nitrogens with zero attached hydrogens (tertiary/aromatic N) is 2. The summed E-state index contributed by atoms with van der Waals surface area (Å²) in [6.07, 6.45) is 2.22. The number of aromatic nitrogens is 2. The smallest absolute Gasteiger partial charge is 0.259 e. The molecule has 1 amide bonds. The molecule has 0 radical (unpaired) electrons. The highest BCUT2D eigenvalue weighted by Crippen LogP contribution is 2.40. The first-order chi connectivity index (χ1) is 12.0. The zero-order valence-electron chi connectivity index (χ0n) is 14.0. The minimum Gasteiger partial charge on any atom is -0.345 e. The Balaban J connectivity index is 1.68. The fraction of sp³-hybridized carbons (Fsp3) is 0.316. The third kappa shape index (κ3) is 3.18. The first-order valence-electron chi connectivity index (χ1n) is 8.36. The molecule has 1 fully saturated rings. The summed E-state index contributed by atoms with van der Waals surface area (Å²) in [5.74, 6) is 0.303.